The number of rotatable bonds is 3. The summed E-state index contributed by atoms with van der Waals surface area (Å²) in [6.45, 7) is 6.66. The molecule has 0 unspecified atom stereocenters. The number of hydrogen-bond donors (Lipinski definition) is 0. The fraction of sp³-hybridized carbons (Fsp3) is 0.118. The smallest absolute Gasteiger partial charge is 0.147 e. The maximum absolute atomic E-state index is 14.8. The molecule has 0 spiro atoms. The summed E-state index contributed by atoms with van der Waals surface area (Å²) in [6, 6.07) is 32.1. The quantitative estimate of drug-likeness (QED) is 0.229. The van der Waals surface area contributed by atoms with E-state index in [1.165, 1.54) is 11.6 Å². The van der Waals surface area contributed by atoms with E-state index < -0.39 is 0 Å². The second-order valence-corrected chi connectivity index (χ2v) is 11.9. The highest BCUT2D eigenvalue weighted by molar-refractivity contribution is 7.26. The summed E-state index contributed by atoms with van der Waals surface area (Å²) in [4.78, 5) is 10.8. The molecular weight excluding hydrogens is 501 g/mol. The fourth-order valence-corrected chi connectivity index (χ4v) is 6.66. The topological polar surface area (TPSA) is 30.7 Å². The minimum absolute atomic E-state index is 0.172. The molecule has 39 heavy (non-hydrogen) atoms. The van der Waals surface area contributed by atoms with E-state index in [0.29, 0.717) is 0 Å². The molecule has 7 rings (SSSR count). The number of pyridine rings is 1. The Morgan fingerprint density at radius 3 is 2.36 bits per heavy atom. The van der Waals surface area contributed by atoms with E-state index in [9.17, 15) is 4.39 Å². The van der Waals surface area contributed by atoms with Gasteiger partial charge in [-0.15, -0.1) is 11.3 Å². The molecule has 5 heteroatoms. The molecule has 0 radical (unpaired) electrons. The maximum Gasteiger partial charge on any atom is 0.147 e. The Hall–Kier alpha value is -4.35. The van der Waals surface area contributed by atoms with Gasteiger partial charge in [-0.05, 0) is 46.9 Å². The van der Waals surface area contributed by atoms with Crippen LogP contribution in [0.4, 0.5) is 4.39 Å². The SMILES string of the molecule is CC(C)(C)c1cccc(-c2ccccc2)c1-n1c(-c2cccc3c2sc2ncccc23)nc2ccc(F)cc21. The number of imidazole rings is 1. The Bertz CT molecular complexity index is 2010. The maximum atomic E-state index is 14.8. The van der Waals surface area contributed by atoms with Crippen LogP contribution in [0.25, 0.3) is 59.5 Å². The van der Waals surface area contributed by atoms with Crippen LogP contribution >= 0.6 is 11.3 Å². The van der Waals surface area contributed by atoms with Crippen molar-refractivity contribution < 1.29 is 4.39 Å². The van der Waals surface area contributed by atoms with Crippen LogP contribution in [0.1, 0.15) is 26.3 Å². The summed E-state index contributed by atoms with van der Waals surface area (Å²) in [6.07, 6.45) is 1.83. The van der Waals surface area contributed by atoms with E-state index in [1.54, 1.807) is 23.5 Å². The van der Waals surface area contributed by atoms with Crippen molar-refractivity contribution in [3.63, 3.8) is 0 Å². The van der Waals surface area contributed by atoms with Gasteiger partial charge < -0.3 is 0 Å². The van der Waals surface area contributed by atoms with Crippen LogP contribution in [-0.4, -0.2) is 14.5 Å². The lowest BCUT2D eigenvalue weighted by Gasteiger charge is -2.27. The van der Waals surface area contributed by atoms with E-state index in [0.717, 1.165) is 59.5 Å². The molecule has 0 bridgehead atoms. The van der Waals surface area contributed by atoms with Gasteiger partial charge in [0.15, 0.2) is 0 Å². The van der Waals surface area contributed by atoms with Crippen molar-refractivity contribution in [1.29, 1.82) is 0 Å². The number of hydrogen-bond acceptors (Lipinski definition) is 3. The monoisotopic (exact) mass is 527 g/mol. The molecule has 4 aromatic carbocycles. The molecule has 7 aromatic rings. The Kier molecular flexibility index (Phi) is 5.39. The predicted octanol–water partition coefficient (Wildman–Crippen LogP) is 9.56. The highest BCUT2D eigenvalue weighted by atomic mass is 32.1. The summed E-state index contributed by atoms with van der Waals surface area (Å²) in [7, 11) is 0. The first kappa shape index (κ1) is 23.7. The van der Waals surface area contributed by atoms with Gasteiger partial charge in [-0.25, -0.2) is 14.4 Å². The van der Waals surface area contributed by atoms with Crippen LogP contribution in [-0.2, 0) is 5.41 Å². The van der Waals surface area contributed by atoms with Crippen molar-refractivity contribution in [1.82, 2.24) is 14.5 Å². The van der Waals surface area contributed by atoms with E-state index in [2.05, 4.69) is 97.1 Å². The zero-order valence-electron chi connectivity index (χ0n) is 21.9. The Morgan fingerprint density at radius 1 is 0.769 bits per heavy atom. The Morgan fingerprint density at radius 2 is 1.54 bits per heavy atom. The highest BCUT2D eigenvalue weighted by Gasteiger charge is 2.27. The average molecular weight is 528 g/mol. The van der Waals surface area contributed by atoms with Crippen LogP contribution in [0.15, 0.2) is 103 Å². The van der Waals surface area contributed by atoms with E-state index in [-0.39, 0.29) is 11.2 Å². The van der Waals surface area contributed by atoms with Gasteiger partial charge >= 0.3 is 0 Å². The number of fused-ring (bicyclic) bond motifs is 4. The summed E-state index contributed by atoms with van der Waals surface area (Å²) in [5.74, 6) is 0.510. The van der Waals surface area contributed by atoms with Gasteiger partial charge in [-0.1, -0.05) is 81.4 Å². The zero-order valence-corrected chi connectivity index (χ0v) is 22.8. The van der Waals surface area contributed by atoms with Gasteiger partial charge in [0.25, 0.3) is 0 Å². The second kappa shape index (κ2) is 8.85. The Balaban J connectivity index is 1.65. The minimum Gasteiger partial charge on any atom is -0.291 e. The van der Waals surface area contributed by atoms with Gasteiger partial charge in [0.2, 0.25) is 0 Å². The van der Waals surface area contributed by atoms with E-state index >= 15 is 0 Å². The van der Waals surface area contributed by atoms with Gasteiger partial charge in [0.1, 0.15) is 16.5 Å². The molecule has 0 aliphatic carbocycles. The van der Waals surface area contributed by atoms with Crippen LogP contribution < -0.4 is 0 Å². The van der Waals surface area contributed by atoms with Gasteiger partial charge in [-0.3, -0.25) is 4.57 Å². The van der Waals surface area contributed by atoms with Crippen LogP contribution in [0, 0.1) is 5.82 Å². The fourth-order valence-electron chi connectivity index (χ4n) is 5.50. The van der Waals surface area contributed by atoms with Crippen LogP contribution in [0.3, 0.4) is 0 Å². The van der Waals surface area contributed by atoms with Crippen molar-refractivity contribution in [2.24, 2.45) is 0 Å². The van der Waals surface area contributed by atoms with E-state index in [1.807, 2.05) is 18.3 Å². The molecule has 0 fully saturated rings. The molecule has 0 aliphatic heterocycles. The van der Waals surface area contributed by atoms with Gasteiger partial charge in [0.05, 0.1) is 16.7 Å². The third kappa shape index (κ3) is 3.84. The lowest BCUT2D eigenvalue weighted by Crippen LogP contribution is -2.16. The standard InChI is InChI=1S/C34H26FN3S/c1-34(2,3)27-16-8-12-23(21-10-5-4-6-11-21)30(27)38-29-20-22(35)17-18-28(29)37-32(38)26-14-7-13-24-25-15-9-19-36-33(25)39-31(24)26/h4-20H,1-3H3. The van der Waals surface area contributed by atoms with Crippen molar-refractivity contribution in [3.8, 4) is 28.2 Å². The Labute approximate surface area is 230 Å². The number of halogens is 1. The van der Waals surface area contributed by atoms with Crippen LogP contribution in [0.5, 0.6) is 0 Å². The summed E-state index contributed by atoms with van der Waals surface area (Å²) < 4.78 is 18.1. The molecule has 0 atom stereocenters. The molecule has 0 amide bonds. The first-order valence-corrected chi connectivity index (χ1v) is 13.9. The summed E-state index contributed by atoms with van der Waals surface area (Å²) in [5, 5.41) is 2.28. The molecule has 0 saturated heterocycles. The molecule has 0 saturated carbocycles. The van der Waals surface area contributed by atoms with Crippen molar-refractivity contribution in [3.05, 3.63) is 115 Å². The summed E-state index contributed by atoms with van der Waals surface area (Å²) >= 11 is 1.67. The highest BCUT2D eigenvalue weighted by Crippen LogP contribution is 2.43. The predicted molar refractivity (Wildman–Crippen MR) is 161 cm³/mol. The summed E-state index contributed by atoms with van der Waals surface area (Å²) in [5.41, 5.74) is 6.71. The second-order valence-electron chi connectivity index (χ2n) is 10.9. The molecule has 0 N–H and O–H groups in total. The third-order valence-corrected chi connectivity index (χ3v) is 8.45. The molecule has 0 aliphatic rings. The lowest BCUT2D eigenvalue weighted by atomic mass is 9.83. The van der Waals surface area contributed by atoms with Crippen molar-refractivity contribution >= 4 is 42.7 Å². The molecular formula is C34H26FN3S. The van der Waals surface area contributed by atoms with Crippen molar-refractivity contribution in [2.45, 2.75) is 26.2 Å². The van der Waals surface area contributed by atoms with E-state index in [4.69, 9.17) is 4.98 Å². The lowest BCUT2D eigenvalue weighted by molar-refractivity contribution is 0.587. The average Bonchev–Trinajstić information content (AvgIpc) is 3.51. The molecule has 3 heterocycles. The van der Waals surface area contributed by atoms with Gasteiger partial charge in [-0.2, -0.15) is 0 Å². The number of benzene rings is 4. The van der Waals surface area contributed by atoms with Crippen molar-refractivity contribution in [2.75, 3.05) is 0 Å². The molecule has 3 aromatic heterocycles. The van der Waals surface area contributed by atoms with Gasteiger partial charge in [0, 0.05) is 38.9 Å². The van der Waals surface area contributed by atoms with Crippen LogP contribution in [0.2, 0.25) is 0 Å². The largest absolute Gasteiger partial charge is 0.291 e. The third-order valence-electron chi connectivity index (χ3n) is 7.28. The first-order chi connectivity index (χ1) is 18.9. The first-order valence-electron chi connectivity index (χ1n) is 13.0. The molecule has 3 nitrogen and oxygen atoms in total. The number of aromatic nitrogens is 3. The number of thiophene rings is 1. The number of nitrogens with zero attached hydrogens (tertiary/aromatic N) is 3. The normalized spacial score (nSPS) is 12.1. The zero-order chi connectivity index (χ0) is 26.7. The molecule has 190 valence electrons. The minimum atomic E-state index is -0.283. The number of para-hydroxylation sites is 1.